The third kappa shape index (κ3) is 2.34. The largest absolute Gasteiger partial charge is 0.342 e. The molecular formula is C13H17N3O2. The van der Waals surface area contributed by atoms with E-state index in [0.717, 1.165) is 11.3 Å². The van der Waals surface area contributed by atoms with E-state index >= 15 is 0 Å². The van der Waals surface area contributed by atoms with Gasteiger partial charge in [0.25, 0.3) is 5.91 Å². The van der Waals surface area contributed by atoms with Gasteiger partial charge < -0.3 is 10.2 Å². The third-order valence-corrected chi connectivity index (χ3v) is 2.97. The Morgan fingerprint density at radius 3 is 2.72 bits per heavy atom. The summed E-state index contributed by atoms with van der Waals surface area (Å²) < 4.78 is 0. The van der Waals surface area contributed by atoms with Gasteiger partial charge in [-0.2, -0.15) is 0 Å². The van der Waals surface area contributed by atoms with Crippen LogP contribution in [0.4, 0.5) is 5.69 Å². The number of hydrogen-bond donors (Lipinski definition) is 1. The Hall–Kier alpha value is -1.91. The second-order valence-corrected chi connectivity index (χ2v) is 5.10. The number of amides is 2. The molecule has 1 aromatic heterocycles. The number of carbonyl (C=O) groups excluding carboxylic acids is 2. The summed E-state index contributed by atoms with van der Waals surface area (Å²) in [6, 6.07) is 1.90. The number of nitrogens with one attached hydrogen (secondary N) is 1. The molecular weight excluding hydrogens is 230 g/mol. The summed E-state index contributed by atoms with van der Waals surface area (Å²) in [5, 5.41) is 2.73. The molecule has 2 rings (SSSR count). The zero-order valence-corrected chi connectivity index (χ0v) is 10.9. The molecule has 2 heterocycles. The number of rotatable bonds is 1. The first-order valence-corrected chi connectivity index (χ1v) is 5.95. The van der Waals surface area contributed by atoms with Crippen molar-refractivity contribution in [2.75, 3.05) is 11.4 Å². The third-order valence-electron chi connectivity index (χ3n) is 2.97. The van der Waals surface area contributed by atoms with E-state index in [1.807, 2.05) is 13.0 Å². The summed E-state index contributed by atoms with van der Waals surface area (Å²) >= 11 is 0. The molecule has 1 aliphatic rings. The number of aromatic nitrogens is 1. The molecule has 96 valence electrons. The van der Waals surface area contributed by atoms with Crippen LogP contribution in [0.1, 0.15) is 25.8 Å². The van der Waals surface area contributed by atoms with E-state index in [1.165, 1.54) is 0 Å². The molecule has 2 amide bonds. The standard InChI is InChI=1S/C13H17N3O2/c1-9-6-10(8-14-7-9)16-5-4-11(17)15-13(2,3)12(16)18/h6-8H,4-5H2,1-3H3,(H,15,17). The molecule has 0 saturated carbocycles. The molecule has 0 radical (unpaired) electrons. The van der Waals surface area contributed by atoms with Gasteiger partial charge in [0.05, 0.1) is 11.9 Å². The van der Waals surface area contributed by atoms with Crippen molar-refractivity contribution < 1.29 is 9.59 Å². The zero-order chi connectivity index (χ0) is 13.3. The van der Waals surface area contributed by atoms with Crippen LogP contribution in [0.2, 0.25) is 0 Å². The fourth-order valence-electron chi connectivity index (χ4n) is 2.05. The Balaban J connectivity index is 2.37. The second kappa shape index (κ2) is 4.40. The molecule has 0 aliphatic carbocycles. The predicted octanol–water partition coefficient (Wildman–Crippen LogP) is 1.02. The van der Waals surface area contributed by atoms with Crippen LogP contribution in [0, 0.1) is 6.92 Å². The molecule has 5 nitrogen and oxygen atoms in total. The average Bonchev–Trinajstić information content (AvgIpc) is 2.37. The zero-order valence-electron chi connectivity index (χ0n) is 10.9. The quantitative estimate of drug-likeness (QED) is 0.806. The molecule has 18 heavy (non-hydrogen) atoms. The molecule has 0 atom stereocenters. The molecule has 0 unspecified atom stereocenters. The number of hydrogen-bond acceptors (Lipinski definition) is 3. The maximum absolute atomic E-state index is 12.4. The van der Waals surface area contributed by atoms with Crippen molar-refractivity contribution >= 4 is 17.5 Å². The van der Waals surface area contributed by atoms with Crippen LogP contribution >= 0.6 is 0 Å². The minimum Gasteiger partial charge on any atom is -0.342 e. The van der Waals surface area contributed by atoms with Crippen molar-refractivity contribution in [3.63, 3.8) is 0 Å². The van der Waals surface area contributed by atoms with E-state index in [-0.39, 0.29) is 11.8 Å². The highest BCUT2D eigenvalue weighted by Crippen LogP contribution is 2.21. The molecule has 5 heteroatoms. The van der Waals surface area contributed by atoms with E-state index in [9.17, 15) is 9.59 Å². The van der Waals surface area contributed by atoms with Gasteiger partial charge in [-0.3, -0.25) is 14.6 Å². The molecule has 0 spiro atoms. The number of nitrogens with zero attached hydrogens (tertiary/aromatic N) is 2. The van der Waals surface area contributed by atoms with Crippen molar-refractivity contribution in [2.45, 2.75) is 32.7 Å². The van der Waals surface area contributed by atoms with Gasteiger partial charge in [-0.15, -0.1) is 0 Å². The van der Waals surface area contributed by atoms with Gasteiger partial charge in [0, 0.05) is 19.2 Å². The van der Waals surface area contributed by atoms with E-state index in [4.69, 9.17) is 0 Å². The summed E-state index contributed by atoms with van der Waals surface area (Å²) in [7, 11) is 0. The fourth-order valence-corrected chi connectivity index (χ4v) is 2.05. The molecule has 1 saturated heterocycles. The van der Waals surface area contributed by atoms with Gasteiger partial charge >= 0.3 is 0 Å². The van der Waals surface area contributed by atoms with Gasteiger partial charge in [0.2, 0.25) is 5.91 Å². The average molecular weight is 247 g/mol. The van der Waals surface area contributed by atoms with E-state index in [0.29, 0.717) is 13.0 Å². The monoisotopic (exact) mass is 247 g/mol. The normalized spacial score (nSPS) is 19.4. The van der Waals surface area contributed by atoms with E-state index < -0.39 is 5.54 Å². The van der Waals surface area contributed by atoms with Crippen LogP contribution in [0.3, 0.4) is 0 Å². The van der Waals surface area contributed by atoms with Crippen LogP contribution in [-0.2, 0) is 9.59 Å². The SMILES string of the molecule is Cc1cncc(N2CCC(=O)NC(C)(C)C2=O)c1. The summed E-state index contributed by atoms with van der Waals surface area (Å²) in [6.07, 6.45) is 3.69. The van der Waals surface area contributed by atoms with Crippen LogP contribution in [-0.4, -0.2) is 28.9 Å². The number of anilines is 1. The Kier molecular flexibility index (Phi) is 3.07. The minimum atomic E-state index is -0.878. The Labute approximate surface area is 106 Å². The Bertz CT molecular complexity index is 497. The molecule has 1 aliphatic heterocycles. The van der Waals surface area contributed by atoms with Gasteiger partial charge in [-0.05, 0) is 32.4 Å². The first kappa shape index (κ1) is 12.5. The smallest absolute Gasteiger partial charge is 0.252 e. The van der Waals surface area contributed by atoms with Gasteiger partial charge in [0.15, 0.2) is 0 Å². The molecule has 0 bridgehead atoms. The van der Waals surface area contributed by atoms with Gasteiger partial charge in [-0.1, -0.05) is 0 Å². The number of carbonyl (C=O) groups is 2. The highest BCUT2D eigenvalue weighted by atomic mass is 16.2. The predicted molar refractivity (Wildman–Crippen MR) is 68.2 cm³/mol. The van der Waals surface area contributed by atoms with E-state index in [1.54, 1.807) is 31.1 Å². The lowest BCUT2D eigenvalue weighted by molar-refractivity contribution is -0.128. The first-order chi connectivity index (χ1) is 8.40. The first-order valence-electron chi connectivity index (χ1n) is 5.95. The number of pyridine rings is 1. The second-order valence-electron chi connectivity index (χ2n) is 5.10. The maximum Gasteiger partial charge on any atom is 0.252 e. The molecule has 1 aromatic rings. The van der Waals surface area contributed by atoms with Crippen LogP contribution in [0.15, 0.2) is 18.5 Å². The maximum atomic E-state index is 12.4. The highest BCUT2D eigenvalue weighted by Gasteiger charge is 2.37. The van der Waals surface area contributed by atoms with Crippen molar-refractivity contribution in [3.8, 4) is 0 Å². The summed E-state index contributed by atoms with van der Waals surface area (Å²) in [5.41, 5.74) is 0.850. The van der Waals surface area contributed by atoms with Crippen molar-refractivity contribution in [2.24, 2.45) is 0 Å². The number of aryl methyl sites for hydroxylation is 1. The highest BCUT2D eigenvalue weighted by molar-refractivity contribution is 6.03. The summed E-state index contributed by atoms with van der Waals surface area (Å²) in [6.45, 7) is 5.75. The Morgan fingerprint density at radius 2 is 2.06 bits per heavy atom. The lowest BCUT2D eigenvalue weighted by Gasteiger charge is -2.28. The molecule has 1 N–H and O–H groups in total. The minimum absolute atomic E-state index is 0.100. The molecule has 0 aromatic carbocycles. The van der Waals surface area contributed by atoms with Crippen molar-refractivity contribution in [3.05, 3.63) is 24.0 Å². The summed E-state index contributed by atoms with van der Waals surface area (Å²) in [5.74, 6) is -0.211. The Morgan fingerprint density at radius 1 is 1.33 bits per heavy atom. The van der Waals surface area contributed by atoms with E-state index in [2.05, 4.69) is 10.3 Å². The molecule has 1 fully saturated rings. The topological polar surface area (TPSA) is 62.3 Å². The fraction of sp³-hybridized carbons (Fsp3) is 0.462. The van der Waals surface area contributed by atoms with Crippen LogP contribution in [0.5, 0.6) is 0 Å². The lowest BCUT2D eigenvalue weighted by atomic mass is 10.0. The van der Waals surface area contributed by atoms with Crippen LogP contribution < -0.4 is 10.2 Å². The lowest BCUT2D eigenvalue weighted by Crippen LogP contribution is -2.53. The summed E-state index contributed by atoms with van der Waals surface area (Å²) in [4.78, 5) is 29.7. The van der Waals surface area contributed by atoms with Crippen molar-refractivity contribution in [1.82, 2.24) is 10.3 Å². The van der Waals surface area contributed by atoms with Gasteiger partial charge in [0.1, 0.15) is 5.54 Å². The van der Waals surface area contributed by atoms with Crippen LogP contribution in [0.25, 0.3) is 0 Å². The van der Waals surface area contributed by atoms with Crippen molar-refractivity contribution in [1.29, 1.82) is 0 Å². The van der Waals surface area contributed by atoms with Gasteiger partial charge in [-0.25, -0.2) is 0 Å².